The van der Waals surface area contributed by atoms with E-state index >= 15 is 0 Å². The highest BCUT2D eigenvalue weighted by molar-refractivity contribution is 7.92. The lowest BCUT2D eigenvalue weighted by atomic mass is 10.1. The maximum absolute atomic E-state index is 12.8. The molecule has 0 bridgehead atoms. The summed E-state index contributed by atoms with van der Waals surface area (Å²) in [7, 11) is -4.24. The summed E-state index contributed by atoms with van der Waals surface area (Å²) in [6.07, 6.45) is -1.09. The van der Waals surface area contributed by atoms with Gasteiger partial charge in [-0.05, 0) is 52.8 Å². The molecule has 178 valence electrons. The first kappa shape index (κ1) is 25.8. The van der Waals surface area contributed by atoms with Gasteiger partial charge < -0.3 is 9.64 Å². The maximum atomic E-state index is 12.8. The Hall–Kier alpha value is -3.47. The van der Waals surface area contributed by atoms with Gasteiger partial charge in [-0.15, -0.1) is 0 Å². The summed E-state index contributed by atoms with van der Waals surface area (Å²) in [6.45, 7) is 8.86. The van der Waals surface area contributed by atoms with Crippen molar-refractivity contribution in [3.63, 3.8) is 0 Å². The number of hydrogen-bond acceptors (Lipinski definition) is 7. The lowest BCUT2D eigenvalue weighted by Gasteiger charge is -2.32. The van der Waals surface area contributed by atoms with Crippen molar-refractivity contribution in [3.8, 4) is 0 Å². The van der Waals surface area contributed by atoms with Crippen LogP contribution in [-0.2, 0) is 19.6 Å². The molecule has 0 aromatic heterocycles. The highest BCUT2D eigenvalue weighted by Crippen LogP contribution is 2.24. The van der Waals surface area contributed by atoms with Crippen molar-refractivity contribution < 1.29 is 27.7 Å². The number of para-hydroxylation sites is 1. The molecule has 0 aliphatic heterocycles. The normalized spacial score (nSPS) is 12.3. The standard InChI is InChI=1S/C22H27N3O7S/c1-14(2)24(15(3)4)21(26)16(5)32-22(27)19-11-6-7-12-20(19)23-33(30,31)18-10-8-9-17(13-18)25(28)29/h6-16,23H,1-5H3. The fraction of sp³-hybridized carbons (Fsp3) is 0.364. The van der Waals surface area contributed by atoms with E-state index in [4.69, 9.17) is 4.74 Å². The van der Waals surface area contributed by atoms with Crippen molar-refractivity contribution in [1.82, 2.24) is 4.90 Å². The van der Waals surface area contributed by atoms with Crippen LogP contribution >= 0.6 is 0 Å². The molecule has 0 spiro atoms. The largest absolute Gasteiger partial charge is 0.449 e. The van der Waals surface area contributed by atoms with Crippen molar-refractivity contribution in [2.24, 2.45) is 0 Å². The second kappa shape index (κ2) is 10.4. The number of nitrogens with one attached hydrogen (secondary N) is 1. The first-order chi connectivity index (χ1) is 15.3. The Bertz CT molecular complexity index is 1140. The Kier molecular flexibility index (Phi) is 8.15. The van der Waals surface area contributed by atoms with Crippen LogP contribution in [0.1, 0.15) is 45.0 Å². The molecule has 0 heterocycles. The van der Waals surface area contributed by atoms with E-state index in [0.717, 1.165) is 6.07 Å². The van der Waals surface area contributed by atoms with E-state index in [1.54, 1.807) is 4.90 Å². The van der Waals surface area contributed by atoms with E-state index in [0.29, 0.717) is 0 Å². The zero-order valence-electron chi connectivity index (χ0n) is 19.0. The van der Waals surface area contributed by atoms with Gasteiger partial charge in [-0.25, -0.2) is 13.2 Å². The number of nitrogens with zero attached hydrogens (tertiary/aromatic N) is 2. The first-order valence-corrected chi connectivity index (χ1v) is 11.7. The zero-order valence-corrected chi connectivity index (χ0v) is 19.8. The van der Waals surface area contributed by atoms with Crippen LogP contribution < -0.4 is 4.72 Å². The van der Waals surface area contributed by atoms with Crippen LogP contribution in [0.25, 0.3) is 0 Å². The Morgan fingerprint density at radius 3 is 2.18 bits per heavy atom. The number of anilines is 1. The molecule has 1 N–H and O–H groups in total. The minimum Gasteiger partial charge on any atom is -0.449 e. The van der Waals surface area contributed by atoms with Crippen LogP contribution in [0, 0.1) is 10.1 Å². The maximum Gasteiger partial charge on any atom is 0.341 e. The summed E-state index contributed by atoms with van der Waals surface area (Å²) in [4.78, 5) is 37.1. The number of amides is 1. The van der Waals surface area contributed by atoms with E-state index in [1.165, 1.54) is 49.4 Å². The molecule has 11 heteroatoms. The predicted octanol–water partition coefficient (Wildman–Crippen LogP) is 3.59. The van der Waals surface area contributed by atoms with Crippen LogP contribution in [0.3, 0.4) is 0 Å². The fourth-order valence-corrected chi connectivity index (χ4v) is 4.43. The number of sulfonamides is 1. The van der Waals surface area contributed by atoms with Crippen LogP contribution in [0.4, 0.5) is 11.4 Å². The molecule has 2 rings (SSSR count). The van der Waals surface area contributed by atoms with Crippen molar-refractivity contribution >= 4 is 33.3 Å². The quantitative estimate of drug-likeness (QED) is 0.331. The Morgan fingerprint density at radius 1 is 1.00 bits per heavy atom. The molecule has 0 fully saturated rings. The van der Waals surface area contributed by atoms with Crippen LogP contribution in [0.2, 0.25) is 0 Å². The summed E-state index contributed by atoms with van der Waals surface area (Å²) in [5.74, 6) is -1.26. The first-order valence-electron chi connectivity index (χ1n) is 10.2. The second-order valence-electron chi connectivity index (χ2n) is 7.89. The van der Waals surface area contributed by atoms with Crippen molar-refractivity contribution in [3.05, 3.63) is 64.2 Å². The van der Waals surface area contributed by atoms with Crippen molar-refractivity contribution in [2.75, 3.05) is 4.72 Å². The molecule has 33 heavy (non-hydrogen) atoms. The van der Waals surface area contributed by atoms with Crippen LogP contribution in [-0.4, -0.2) is 48.3 Å². The lowest BCUT2D eigenvalue weighted by Crippen LogP contribution is -2.47. The fourth-order valence-electron chi connectivity index (χ4n) is 3.31. The van der Waals surface area contributed by atoms with Crippen LogP contribution in [0.5, 0.6) is 0 Å². The molecule has 10 nitrogen and oxygen atoms in total. The van der Waals surface area contributed by atoms with Crippen molar-refractivity contribution in [1.29, 1.82) is 0 Å². The van der Waals surface area contributed by atoms with Gasteiger partial charge in [0.25, 0.3) is 21.6 Å². The highest BCUT2D eigenvalue weighted by Gasteiger charge is 2.29. The third-order valence-corrected chi connectivity index (χ3v) is 6.09. The molecule has 0 saturated heterocycles. The van der Waals surface area contributed by atoms with Gasteiger partial charge in [0.1, 0.15) is 0 Å². The number of esters is 1. The average molecular weight is 478 g/mol. The van der Waals surface area contributed by atoms with E-state index < -0.39 is 32.7 Å². The molecule has 1 atom stereocenters. The summed E-state index contributed by atoms with van der Waals surface area (Å²) >= 11 is 0. The number of rotatable bonds is 9. The van der Waals surface area contributed by atoms with E-state index in [1.807, 2.05) is 27.7 Å². The molecule has 0 radical (unpaired) electrons. The number of carbonyl (C=O) groups is 2. The lowest BCUT2D eigenvalue weighted by molar-refractivity contribution is -0.385. The van der Waals surface area contributed by atoms with Gasteiger partial charge in [-0.3, -0.25) is 19.6 Å². The van der Waals surface area contributed by atoms with Crippen molar-refractivity contribution in [2.45, 2.75) is 57.7 Å². The number of carbonyl (C=O) groups excluding carboxylic acids is 2. The number of ether oxygens (including phenoxy) is 1. The Labute approximate surface area is 192 Å². The molecule has 2 aromatic rings. The molecule has 1 unspecified atom stereocenters. The predicted molar refractivity (Wildman–Crippen MR) is 122 cm³/mol. The third kappa shape index (κ3) is 6.28. The Balaban J connectivity index is 2.28. The van der Waals surface area contributed by atoms with Gasteiger partial charge in [0.05, 0.1) is 21.1 Å². The summed E-state index contributed by atoms with van der Waals surface area (Å²) in [5, 5.41) is 11.0. The third-order valence-electron chi connectivity index (χ3n) is 4.73. The van der Waals surface area contributed by atoms with E-state index in [-0.39, 0.29) is 34.1 Å². The summed E-state index contributed by atoms with van der Waals surface area (Å²) in [5.41, 5.74) is -0.581. The highest BCUT2D eigenvalue weighted by atomic mass is 32.2. The molecule has 0 saturated carbocycles. The van der Waals surface area contributed by atoms with Gasteiger partial charge >= 0.3 is 5.97 Å². The number of nitro groups is 1. The van der Waals surface area contributed by atoms with Gasteiger partial charge in [0.15, 0.2) is 6.10 Å². The zero-order chi connectivity index (χ0) is 24.9. The second-order valence-corrected chi connectivity index (χ2v) is 9.57. The summed E-state index contributed by atoms with van der Waals surface area (Å²) in [6, 6.07) is 10.1. The number of nitro benzene ring substituents is 1. The minimum absolute atomic E-state index is 0.0850. The van der Waals surface area contributed by atoms with Gasteiger partial charge in [0, 0.05) is 24.2 Å². The number of hydrogen-bond donors (Lipinski definition) is 1. The SMILES string of the molecule is CC(OC(=O)c1ccccc1NS(=O)(=O)c1cccc([N+](=O)[O-])c1)C(=O)N(C(C)C)C(C)C. The average Bonchev–Trinajstić information content (AvgIpc) is 2.73. The minimum atomic E-state index is -4.24. The molecule has 0 aliphatic rings. The van der Waals surface area contributed by atoms with E-state index in [9.17, 15) is 28.1 Å². The van der Waals surface area contributed by atoms with Gasteiger partial charge in [-0.1, -0.05) is 18.2 Å². The number of benzene rings is 2. The smallest absolute Gasteiger partial charge is 0.341 e. The topological polar surface area (TPSA) is 136 Å². The molecular weight excluding hydrogens is 450 g/mol. The summed E-state index contributed by atoms with van der Waals surface area (Å²) < 4.78 is 33.2. The van der Waals surface area contributed by atoms with Gasteiger partial charge in [-0.2, -0.15) is 0 Å². The van der Waals surface area contributed by atoms with Crippen LogP contribution in [0.15, 0.2) is 53.4 Å². The van der Waals surface area contributed by atoms with E-state index in [2.05, 4.69) is 4.72 Å². The molecular formula is C22H27N3O7S. The molecule has 2 aromatic carbocycles. The number of non-ortho nitro benzene ring substituents is 1. The van der Waals surface area contributed by atoms with Gasteiger partial charge in [0.2, 0.25) is 0 Å². The Morgan fingerprint density at radius 2 is 1.61 bits per heavy atom. The molecule has 1 amide bonds. The molecule has 0 aliphatic carbocycles. The monoisotopic (exact) mass is 477 g/mol.